The maximum absolute atomic E-state index is 12.1. The highest BCUT2D eigenvalue weighted by Gasteiger charge is 2.22. The maximum atomic E-state index is 12.1. The number of nitrogens with zero attached hydrogens (tertiary/aromatic N) is 1. The minimum atomic E-state index is 0. The van der Waals surface area contributed by atoms with Crippen LogP contribution in [0.5, 0.6) is 0 Å². The topological polar surface area (TPSA) is 44.4 Å². The molecule has 0 radical (unpaired) electrons. The number of rotatable bonds is 5. The quantitative estimate of drug-likeness (QED) is 0.878. The van der Waals surface area contributed by atoms with E-state index in [2.05, 4.69) is 41.5 Å². The van der Waals surface area contributed by atoms with Gasteiger partial charge < -0.3 is 10.6 Å². The number of hydrogen-bond acceptors (Lipinski definition) is 3. The van der Waals surface area contributed by atoms with Crippen LogP contribution in [0.25, 0.3) is 0 Å². The van der Waals surface area contributed by atoms with Gasteiger partial charge in [0.1, 0.15) is 0 Å². The molecule has 1 saturated heterocycles. The Kier molecular flexibility index (Phi) is 7.15. The zero-order chi connectivity index (χ0) is 14.5. The van der Waals surface area contributed by atoms with Crippen molar-refractivity contribution in [3.05, 3.63) is 29.8 Å². The number of likely N-dealkylation sites (N-methyl/N-ethyl adjacent to an activating group) is 1. The molecular formula is C16H26ClN3O. The molecule has 1 aliphatic heterocycles. The van der Waals surface area contributed by atoms with E-state index in [0.29, 0.717) is 18.5 Å². The molecule has 4 nitrogen and oxygen atoms in total. The predicted molar refractivity (Wildman–Crippen MR) is 90.3 cm³/mol. The van der Waals surface area contributed by atoms with E-state index in [1.54, 1.807) is 0 Å². The van der Waals surface area contributed by atoms with Gasteiger partial charge in [-0.15, -0.1) is 12.4 Å². The first-order chi connectivity index (χ1) is 9.58. The van der Waals surface area contributed by atoms with E-state index in [-0.39, 0.29) is 18.3 Å². The Bertz CT molecular complexity index is 465. The number of carbonyl (C=O) groups is 1. The molecule has 5 heteroatoms. The van der Waals surface area contributed by atoms with Crippen molar-refractivity contribution in [1.29, 1.82) is 0 Å². The second kappa shape index (κ2) is 8.37. The van der Waals surface area contributed by atoms with Crippen LogP contribution in [0.15, 0.2) is 24.3 Å². The van der Waals surface area contributed by atoms with Crippen LogP contribution < -0.4 is 10.6 Å². The van der Waals surface area contributed by atoms with E-state index in [1.165, 1.54) is 5.56 Å². The number of hydrogen-bond donors (Lipinski definition) is 2. The van der Waals surface area contributed by atoms with Crippen LogP contribution in [0.4, 0.5) is 5.69 Å². The van der Waals surface area contributed by atoms with Crippen LogP contribution >= 0.6 is 12.4 Å². The molecule has 1 aliphatic rings. The lowest BCUT2D eigenvalue weighted by Gasteiger charge is -2.16. The van der Waals surface area contributed by atoms with Crippen molar-refractivity contribution in [2.75, 3.05) is 32.0 Å². The lowest BCUT2D eigenvalue weighted by atomic mass is 10.0. The van der Waals surface area contributed by atoms with Crippen molar-refractivity contribution in [2.24, 2.45) is 0 Å². The minimum absolute atomic E-state index is 0. The summed E-state index contributed by atoms with van der Waals surface area (Å²) < 4.78 is 0. The summed E-state index contributed by atoms with van der Waals surface area (Å²) in [6.07, 6.45) is 1.12. The summed E-state index contributed by atoms with van der Waals surface area (Å²) in [7, 11) is 1.98. The highest BCUT2D eigenvalue weighted by Crippen LogP contribution is 2.18. The molecule has 0 aromatic heterocycles. The molecule has 1 atom stereocenters. The molecule has 1 fully saturated rings. The predicted octanol–water partition coefficient (Wildman–Crippen LogP) is 2.46. The molecule has 0 bridgehead atoms. The Morgan fingerprint density at radius 2 is 2.19 bits per heavy atom. The van der Waals surface area contributed by atoms with Crippen LogP contribution in [0, 0.1) is 0 Å². The third-order valence-electron chi connectivity index (χ3n) is 3.88. The molecular weight excluding hydrogens is 286 g/mol. The molecule has 1 amide bonds. The van der Waals surface area contributed by atoms with E-state index in [4.69, 9.17) is 0 Å². The van der Waals surface area contributed by atoms with Crippen LogP contribution in [-0.2, 0) is 4.79 Å². The van der Waals surface area contributed by atoms with Gasteiger partial charge in [-0.2, -0.15) is 0 Å². The molecule has 21 heavy (non-hydrogen) atoms. The molecule has 2 rings (SSSR count). The van der Waals surface area contributed by atoms with E-state index in [9.17, 15) is 4.79 Å². The number of benzene rings is 1. The van der Waals surface area contributed by atoms with Gasteiger partial charge >= 0.3 is 0 Å². The molecule has 1 aromatic carbocycles. The van der Waals surface area contributed by atoms with Gasteiger partial charge in [0.05, 0.1) is 6.54 Å². The molecule has 0 spiro atoms. The summed E-state index contributed by atoms with van der Waals surface area (Å²) in [6, 6.07) is 8.62. The lowest BCUT2D eigenvalue weighted by Crippen LogP contribution is -2.34. The molecule has 0 aliphatic carbocycles. The Morgan fingerprint density at radius 1 is 1.43 bits per heavy atom. The standard InChI is InChI=1S/C16H25N3O.ClH/c1-12(2)13-5-4-6-14(9-13)18-16(20)11-19-8-7-15(10-19)17-3;/h4-6,9,12,15,17H,7-8,10-11H2,1-3H3,(H,18,20);1H. The molecule has 118 valence electrons. The third-order valence-corrected chi connectivity index (χ3v) is 3.88. The molecule has 1 aromatic rings. The van der Waals surface area contributed by atoms with Gasteiger partial charge in [0.15, 0.2) is 0 Å². The lowest BCUT2D eigenvalue weighted by molar-refractivity contribution is -0.117. The van der Waals surface area contributed by atoms with Gasteiger partial charge in [0, 0.05) is 24.8 Å². The maximum Gasteiger partial charge on any atom is 0.238 e. The van der Waals surface area contributed by atoms with E-state index in [1.807, 2.05) is 19.2 Å². The third kappa shape index (κ3) is 5.30. The van der Waals surface area contributed by atoms with Crippen molar-refractivity contribution < 1.29 is 4.79 Å². The van der Waals surface area contributed by atoms with Crippen molar-refractivity contribution in [1.82, 2.24) is 10.2 Å². The Morgan fingerprint density at radius 3 is 2.81 bits per heavy atom. The summed E-state index contributed by atoms with van der Waals surface area (Å²) in [5.74, 6) is 0.546. The largest absolute Gasteiger partial charge is 0.325 e. The van der Waals surface area contributed by atoms with Crippen molar-refractivity contribution in [3.8, 4) is 0 Å². The first-order valence-corrected chi connectivity index (χ1v) is 7.38. The number of amides is 1. The Hall–Kier alpha value is -1.10. The summed E-state index contributed by atoms with van der Waals surface area (Å²) in [4.78, 5) is 14.3. The zero-order valence-electron chi connectivity index (χ0n) is 13.1. The first kappa shape index (κ1) is 18.0. The Balaban J connectivity index is 0.00000220. The summed E-state index contributed by atoms with van der Waals surface area (Å²) in [5.41, 5.74) is 2.14. The summed E-state index contributed by atoms with van der Waals surface area (Å²) in [6.45, 7) is 6.73. The fourth-order valence-electron chi connectivity index (χ4n) is 2.59. The molecule has 1 heterocycles. The second-order valence-electron chi connectivity index (χ2n) is 5.84. The second-order valence-corrected chi connectivity index (χ2v) is 5.84. The van der Waals surface area contributed by atoms with Gasteiger partial charge in [-0.25, -0.2) is 0 Å². The average molecular weight is 312 g/mol. The normalized spacial score (nSPS) is 18.6. The van der Waals surface area contributed by atoms with Gasteiger partial charge in [-0.05, 0) is 37.1 Å². The van der Waals surface area contributed by atoms with Gasteiger partial charge in [-0.1, -0.05) is 26.0 Å². The fraction of sp³-hybridized carbons (Fsp3) is 0.562. The summed E-state index contributed by atoms with van der Waals surface area (Å²) >= 11 is 0. The number of nitrogens with one attached hydrogen (secondary N) is 2. The number of likely N-dealkylation sites (tertiary alicyclic amines) is 1. The van der Waals surface area contributed by atoms with Crippen LogP contribution in [0.1, 0.15) is 31.7 Å². The zero-order valence-corrected chi connectivity index (χ0v) is 13.9. The van der Waals surface area contributed by atoms with E-state index in [0.717, 1.165) is 25.2 Å². The molecule has 1 unspecified atom stereocenters. The van der Waals surface area contributed by atoms with Crippen molar-refractivity contribution in [3.63, 3.8) is 0 Å². The highest BCUT2D eigenvalue weighted by atomic mass is 35.5. The number of halogens is 1. The van der Waals surface area contributed by atoms with E-state index >= 15 is 0 Å². The smallest absolute Gasteiger partial charge is 0.238 e. The van der Waals surface area contributed by atoms with Crippen LogP contribution in [-0.4, -0.2) is 43.5 Å². The van der Waals surface area contributed by atoms with Gasteiger partial charge in [0.25, 0.3) is 0 Å². The fourth-order valence-corrected chi connectivity index (χ4v) is 2.59. The number of carbonyl (C=O) groups excluding carboxylic acids is 1. The number of anilines is 1. The monoisotopic (exact) mass is 311 g/mol. The van der Waals surface area contributed by atoms with Crippen LogP contribution in [0.3, 0.4) is 0 Å². The molecule has 0 saturated carbocycles. The van der Waals surface area contributed by atoms with Crippen LogP contribution in [0.2, 0.25) is 0 Å². The first-order valence-electron chi connectivity index (χ1n) is 7.38. The SMILES string of the molecule is CNC1CCN(CC(=O)Nc2cccc(C(C)C)c2)C1.Cl. The van der Waals surface area contributed by atoms with Gasteiger partial charge in [-0.3, -0.25) is 9.69 Å². The Labute approximate surface area is 133 Å². The summed E-state index contributed by atoms with van der Waals surface area (Å²) in [5, 5.41) is 6.26. The van der Waals surface area contributed by atoms with Crippen molar-refractivity contribution >= 4 is 24.0 Å². The highest BCUT2D eigenvalue weighted by molar-refractivity contribution is 5.92. The van der Waals surface area contributed by atoms with Gasteiger partial charge in [0.2, 0.25) is 5.91 Å². The molecule has 2 N–H and O–H groups in total. The minimum Gasteiger partial charge on any atom is -0.325 e. The average Bonchev–Trinajstić information content (AvgIpc) is 2.86. The van der Waals surface area contributed by atoms with Crippen molar-refractivity contribution in [2.45, 2.75) is 32.2 Å². The van der Waals surface area contributed by atoms with E-state index < -0.39 is 0 Å².